The summed E-state index contributed by atoms with van der Waals surface area (Å²) in [4.78, 5) is 16.6. The molecule has 3 nitrogen and oxygen atoms in total. The van der Waals surface area contributed by atoms with Gasteiger partial charge in [-0.25, -0.2) is 14.8 Å². The van der Waals surface area contributed by atoms with E-state index in [-0.39, 0.29) is 0 Å². The zero-order chi connectivity index (χ0) is 37.2. The zero-order valence-electron chi connectivity index (χ0n) is 30.1. The van der Waals surface area contributed by atoms with Crippen LogP contribution in [-0.2, 0) is 5.41 Å². The van der Waals surface area contributed by atoms with Crippen LogP contribution >= 0.6 is 11.8 Å². The molecule has 1 atom stereocenters. The van der Waals surface area contributed by atoms with Crippen LogP contribution in [0.5, 0.6) is 0 Å². The molecule has 2 aliphatic rings. The average molecular weight is 730 g/mol. The largest absolute Gasteiger partial charge is 0.238 e. The number of fused-ring (bicyclic) bond motifs is 10. The van der Waals surface area contributed by atoms with E-state index in [4.69, 9.17) is 16.5 Å². The first-order chi connectivity index (χ1) is 27.7. The number of rotatable bonds is 4. The highest BCUT2D eigenvalue weighted by Crippen LogP contribution is 2.62. The summed E-state index contributed by atoms with van der Waals surface area (Å²) in [5.74, 6) is 0.698. The smallest absolute Gasteiger partial charge is 0.187 e. The van der Waals surface area contributed by atoms with E-state index in [1.54, 1.807) is 0 Å². The minimum Gasteiger partial charge on any atom is -0.238 e. The van der Waals surface area contributed by atoms with E-state index in [0.717, 1.165) is 39.2 Å². The Balaban J connectivity index is 1.16. The quantitative estimate of drug-likeness (QED) is 0.169. The fourth-order valence-corrected chi connectivity index (χ4v) is 9.95. The first-order valence-corrected chi connectivity index (χ1v) is 19.6. The molecule has 0 N–H and O–H groups in total. The van der Waals surface area contributed by atoms with Crippen molar-refractivity contribution in [2.75, 3.05) is 0 Å². The lowest BCUT2D eigenvalue weighted by Gasteiger charge is -2.40. The molecule has 0 saturated heterocycles. The summed E-state index contributed by atoms with van der Waals surface area (Å²) in [6, 6.07) is 67.0. The SMILES string of the molecule is [C-]#[N+]c1ccc(-c2ccc3c(c2)C2(c4ccccc4S3)c3ccccc3-c3ccc(-c4cc(-c5ccc6ccccc6c5)nc(-c5ccccc5)n4)cc32)cc1. The van der Waals surface area contributed by atoms with Gasteiger partial charge in [-0.05, 0) is 91.7 Å². The number of hydrogen-bond acceptors (Lipinski definition) is 3. The van der Waals surface area contributed by atoms with E-state index in [2.05, 4.69) is 163 Å². The molecule has 2 heterocycles. The van der Waals surface area contributed by atoms with Crippen LogP contribution in [0.25, 0.3) is 71.8 Å². The number of hydrogen-bond donors (Lipinski definition) is 0. The Morgan fingerprint density at radius 2 is 1.02 bits per heavy atom. The van der Waals surface area contributed by atoms with Crippen LogP contribution in [0.4, 0.5) is 5.69 Å². The van der Waals surface area contributed by atoms with Crippen molar-refractivity contribution in [2.24, 2.45) is 0 Å². The number of aromatic nitrogens is 2. The van der Waals surface area contributed by atoms with Crippen LogP contribution < -0.4 is 0 Å². The molecule has 11 rings (SSSR count). The van der Waals surface area contributed by atoms with E-state index in [0.29, 0.717) is 11.5 Å². The van der Waals surface area contributed by atoms with E-state index < -0.39 is 5.41 Å². The second-order valence-corrected chi connectivity index (χ2v) is 15.5. The van der Waals surface area contributed by atoms with Crippen molar-refractivity contribution in [3.8, 4) is 56.2 Å². The van der Waals surface area contributed by atoms with Gasteiger partial charge in [-0.15, -0.1) is 0 Å². The van der Waals surface area contributed by atoms with Gasteiger partial charge in [0.05, 0.1) is 23.4 Å². The lowest BCUT2D eigenvalue weighted by atomic mass is 9.66. The fraction of sp³-hybridized carbons (Fsp3) is 0.0192. The maximum atomic E-state index is 7.49. The van der Waals surface area contributed by atoms with Gasteiger partial charge in [0.2, 0.25) is 0 Å². The molecule has 0 bridgehead atoms. The summed E-state index contributed by atoms with van der Waals surface area (Å²) in [5.41, 5.74) is 14.7. The normalized spacial score (nSPS) is 14.8. The molecule has 0 saturated carbocycles. The van der Waals surface area contributed by atoms with Gasteiger partial charge < -0.3 is 0 Å². The third-order valence-electron chi connectivity index (χ3n) is 11.4. The van der Waals surface area contributed by atoms with Crippen LogP contribution in [0.1, 0.15) is 22.3 Å². The third-order valence-corrected chi connectivity index (χ3v) is 12.5. The van der Waals surface area contributed by atoms with Crippen molar-refractivity contribution in [2.45, 2.75) is 15.2 Å². The Bertz CT molecular complexity index is 3070. The third kappa shape index (κ3) is 4.99. The Labute approximate surface area is 329 Å². The Hall–Kier alpha value is -7.06. The molecular formula is C52H31N3S. The monoisotopic (exact) mass is 729 g/mol. The number of benzene rings is 8. The number of nitrogens with zero attached hydrogens (tertiary/aromatic N) is 3. The highest BCUT2D eigenvalue weighted by atomic mass is 32.2. The molecule has 1 aliphatic heterocycles. The summed E-state index contributed by atoms with van der Waals surface area (Å²) in [7, 11) is 0. The van der Waals surface area contributed by atoms with Crippen LogP contribution in [0.2, 0.25) is 0 Å². The zero-order valence-corrected chi connectivity index (χ0v) is 31.0. The minimum atomic E-state index is -0.567. The van der Waals surface area contributed by atoms with Crippen LogP contribution in [0.3, 0.4) is 0 Å². The van der Waals surface area contributed by atoms with Crippen molar-refractivity contribution < 1.29 is 0 Å². The second-order valence-electron chi connectivity index (χ2n) is 14.4. The van der Waals surface area contributed by atoms with Gasteiger partial charge in [-0.2, -0.15) is 0 Å². The van der Waals surface area contributed by atoms with Crippen molar-refractivity contribution >= 4 is 28.2 Å². The lowest BCUT2D eigenvalue weighted by molar-refractivity contribution is 0.723. The predicted molar refractivity (Wildman–Crippen MR) is 229 cm³/mol. The highest BCUT2D eigenvalue weighted by Gasteiger charge is 2.50. The minimum absolute atomic E-state index is 0.567. The molecule has 0 amide bonds. The van der Waals surface area contributed by atoms with Crippen molar-refractivity contribution in [1.82, 2.24) is 9.97 Å². The van der Waals surface area contributed by atoms with E-state index in [1.807, 2.05) is 42.1 Å². The van der Waals surface area contributed by atoms with Gasteiger partial charge in [0.1, 0.15) is 0 Å². The fourth-order valence-electron chi connectivity index (χ4n) is 8.78. The van der Waals surface area contributed by atoms with Gasteiger partial charge in [-0.3, -0.25) is 0 Å². The molecule has 260 valence electrons. The van der Waals surface area contributed by atoms with Crippen LogP contribution in [0.15, 0.2) is 198 Å². The van der Waals surface area contributed by atoms with E-state index >= 15 is 0 Å². The van der Waals surface area contributed by atoms with Gasteiger partial charge in [0, 0.05) is 26.5 Å². The molecule has 1 aliphatic carbocycles. The van der Waals surface area contributed by atoms with E-state index in [1.165, 1.54) is 53.9 Å². The average Bonchev–Trinajstić information content (AvgIpc) is 3.56. The van der Waals surface area contributed by atoms with Gasteiger partial charge in [0.15, 0.2) is 11.5 Å². The lowest BCUT2D eigenvalue weighted by Crippen LogP contribution is -2.32. The Kier molecular flexibility index (Phi) is 7.38. The Morgan fingerprint density at radius 3 is 1.84 bits per heavy atom. The predicted octanol–water partition coefficient (Wildman–Crippen LogP) is 13.7. The first-order valence-electron chi connectivity index (χ1n) is 18.8. The summed E-state index contributed by atoms with van der Waals surface area (Å²) in [6.45, 7) is 7.49. The maximum absolute atomic E-state index is 7.49. The maximum Gasteiger partial charge on any atom is 0.187 e. The summed E-state index contributed by atoms with van der Waals surface area (Å²) in [5, 5.41) is 2.38. The molecule has 1 spiro atoms. The molecule has 1 aromatic heterocycles. The summed E-state index contributed by atoms with van der Waals surface area (Å²) in [6.07, 6.45) is 0. The molecule has 9 aromatic rings. The van der Waals surface area contributed by atoms with Gasteiger partial charge in [-0.1, -0.05) is 163 Å². The highest BCUT2D eigenvalue weighted by molar-refractivity contribution is 7.99. The van der Waals surface area contributed by atoms with Crippen molar-refractivity contribution in [3.05, 3.63) is 222 Å². The van der Waals surface area contributed by atoms with Crippen LogP contribution in [-0.4, -0.2) is 9.97 Å². The summed E-state index contributed by atoms with van der Waals surface area (Å²) < 4.78 is 0. The van der Waals surface area contributed by atoms with Crippen molar-refractivity contribution in [3.63, 3.8) is 0 Å². The molecule has 8 aromatic carbocycles. The topological polar surface area (TPSA) is 30.1 Å². The molecule has 56 heavy (non-hydrogen) atoms. The Morgan fingerprint density at radius 1 is 0.411 bits per heavy atom. The van der Waals surface area contributed by atoms with Crippen LogP contribution in [0, 0.1) is 6.57 Å². The molecular weight excluding hydrogens is 699 g/mol. The first kappa shape index (κ1) is 32.4. The second kappa shape index (κ2) is 12.8. The van der Waals surface area contributed by atoms with Gasteiger partial charge in [0.25, 0.3) is 0 Å². The van der Waals surface area contributed by atoms with E-state index in [9.17, 15) is 0 Å². The molecule has 4 heteroatoms. The standard InChI is InChI=1S/C52H31N3S/c1-53-40-25-21-34(22-26-40)37-24-28-50-46(30-37)52(44-17-9-10-18-49(44)56-50)43-16-8-7-15-41(43)42-27-23-39(31-45(42)52)48-32-47(54-51(55-48)35-12-3-2-4-13-35)38-20-19-33-11-5-6-14-36(33)29-38/h2-32H. The summed E-state index contributed by atoms with van der Waals surface area (Å²) >= 11 is 1.84. The molecule has 0 fully saturated rings. The van der Waals surface area contributed by atoms with Gasteiger partial charge >= 0.3 is 0 Å². The van der Waals surface area contributed by atoms with Crippen molar-refractivity contribution in [1.29, 1.82) is 0 Å². The molecule has 0 radical (unpaired) electrons. The molecule has 1 unspecified atom stereocenters.